The van der Waals surface area contributed by atoms with Crippen LogP contribution in [0.5, 0.6) is 0 Å². The lowest BCUT2D eigenvalue weighted by Crippen LogP contribution is -2.46. The summed E-state index contributed by atoms with van der Waals surface area (Å²) in [4.78, 5) is 36.8. The van der Waals surface area contributed by atoms with Crippen LogP contribution < -0.4 is 0 Å². The van der Waals surface area contributed by atoms with E-state index in [4.69, 9.17) is 19.4 Å². The Kier molecular flexibility index (Phi) is 12.3. The van der Waals surface area contributed by atoms with Gasteiger partial charge in [0, 0.05) is 31.6 Å². The highest BCUT2D eigenvalue weighted by molar-refractivity contribution is 6.04. The molecule has 1 aromatic carbocycles. The van der Waals surface area contributed by atoms with Crippen LogP contribution in [0.3, 0.4) is 0 Å². The molecule has 1 aliphatic carbocycles. The highest BCUT2D eigenvalue weighted by Crippen LogP contribution is 2.38. The Morgan fingerprint density at radius 2 is 1.94 bits per heavy atom. The van der Waals surface area contributed by atoms with Crippen molar-refractivity contribution in [3.05, 3.63) is 59.4 Å². The predicted octanol–water partition coefficient (Wildman–Crippen LogP) is 4.32. The molecule has 192 valence electrons. The van der Waals surface area contributed by atoms with Crippen LogP contribution in [-0.2, 0) is 30.3 Å². The molecule has 2 amide bonds. The Balaban J connectivity index is 0.000000778. The van der Waals surface area contributed by atoms with Gasteiger partial charge in [-0.25, -0.2) is 0 Å². The second kappa shape index (κ2) is 14.7. The Hall–Kier alpha value is -3.55. The molecule has 0 bridgehead atoms. The van der Waals surface area contributed by atoms with Crippen molar-refractivity contribution in [2.24, 2.45) is 0 Å². The largest absolute Gasteiger partial charge is 0.490 e. The Morgan fingerprint density at radius 3 is 2.49 bits per heavy atom. The summed E-state index contributed by atoms with van der Waals surface area (Å²) < 4.78 is 11.5. The smallest absolute Gasteiger partial charge is 0.290 e. The Labute approximate surface area is 208 Å². The number of unbranched alkanes of at least 4 members (excludes halogenated alkanes) is 1. The molecule has 0 saturated heterocycles. The number of hydrogen-bond donors (Lipinski definition) is 1. The van der Waals surface area contributed by atoms with Gasteiger partial charge in [-0.3, -0.25) is 14.4 Å². The fourth-order valence-corrected chi connectivity index (χ4v) is 3.31. The molecule has 0 radical (unpaired) electrons. The molecular formula is C27H38N2O6. The second-order valence-corrected chi connectivity index (χ2v) is 8.35. The molecule has 1 heterocycles. The monoisotopic (exact) mass is 486 g/mol. The second-order valence-electron chi connectivity index (χ2n) is 8.35. The van der Waals surface area contributed by atoms with Crippen molar-refractivity contribution >= 4 is 29.8 Å². The highest BCUT2D eigenvalue weighted by atomic mass is 16.5. The zero-order chi connectivity index (χ0) is 26.5. The van der Waals surface area contributed by atoms with Gasteiger partial charge in [0.25, 0.3) is 12.4 Å². The molecule has 3 rings (SSSR count). The normalized spacial score (nSPS) is 16.0. The lowest BCUT2D eigenvalue weighted by atomic mass is 10.0. The summed E-state index contributed by atoms with van der Waals surface area (Å²) >= 11 is 0. The number of allylic oxidation sites excluding steroid dienone is 1. The van der Waals surface area contributed by atoms with Gasteiger partial charge in [-0.15, -0.1) is 0 Å². The van der Waals surface area contributed by atoms with Crippen LogP contribution in [0.15, 0.2) is 42.7 Å². The summed E-state index contributed by atoms with van der Waals surface area (Å²) in [6, 6.07) is 5.65. The maximum Gasteiger partial charge on any atom is 0.290 e. The average molecular weight is 487 g/mol. The van der Waals surface area contributed by atoms with E-state index in [0.717, 1.165) is 16.7 Å². The van der Waals surface area contributed by atoms with E-state index in [1.54, 1.807) is 31.3 Å². The molecule has 1 aliphatic heterocycles. The molecule has 1 atom stereocenters. The highest BCUT2D eigenvalue weighted by Gasteiger charge is 2.36. The Morgan fingerprint density at radius 1 is 1.31 bits per heavy atom. The van der Waals surface area contributed by atoms with E-state index in [9.17, 15) is 9.59 Å². The molecule has 1 unspecified atom stereocenters. The number of rotatable bonds is 6. The third-order valence-corrected chi connectivity index (χ3v) is 5.48. The molecule has 35 heavy (non-hydrogen) atoms. The number of benzene rings is 1. The quantitative estimate of drug-likeness (QED) is 0.475. The van der Waals surface area contributed by atoms with Crippen LogP contribution in [0.25, 0.3) is 11.5 Å². The molecule has 0 fully saturated rings. The minimum absolute atomic E-state index is 0.0444. The van der Waals surface area contributed by atoms with E-state index in [-0.39, 0.29) is 30.9 Å². The van der Waals surface area contributed by atoms with Gasteiger partial charge in [0.1, 0.15) is 24.7 Å². The van der Waals surface area contributed by atoms with Gasteiger partial charge in [-0.1, -0.05) is 51.5 Å². The number of nitrogens with zero attached hydrogens (tertiary/aromatic N) is 2. The van der Waals surface area contributed by atoms with E-state index >= 15 is 0 Å². The van der Waals surface area contributed by atoms with Crippen molar-refractivity contribution < 1.29 is 29.0 Å². The van der Waals surface area contributed by atoms with Crippen molar-refractivity contribution in [2.75, 3.05) is 27.2 Å². The first-order valence-corrected chi connectivity index (χ1v) is 11.7. The molecule has 1 N–H and O–H groups in total. The molecule has 0 spiro atoms. The molecule has 8 heteroatoms. The average Bonchev–Trinajstić information content (AvgIpc) is 3.17. The number of likely N-dealkylation sites (N-methyl/N-ethyl adjacent to an activating group) is 1. The third-order valence-electron chi connectivity index (χ3n) is 5.48. The number of carbonyl (C=O) groups excluding carboxylic acids is 2. The summed E-state index contributed by atoms with van der Waals surface area (Å²) in [7, 11) is 3.37. The van der Waals surface area contributed by atoms with Crippen LogP contribution in [0.4, 0.5) is 0 Å². The molecule has 8 nitrogen and oxygen atoms in total. The first kappa shape index (κ1) is 29.5. The third kappa shape index (κ3) is 8.02. The minimum Gasteiger partial charge on any atom is -0.490 e. The van der Waals surface area contributed by atoms with Gasteiger partial charge < -0.3 is 24.4 Å². The van der Waals surface area contributed by atoms with Gasteiger partial charge in [0.15, 0.2) is 0 Å². The lowest BCUT2D eigenvalue weighted by molar-refractivity contribution is -0.138. The van der Waals surface area contributed by atoms with Crippen molar-refractivity contribution in [1.29, 1.82) is 0 Å². The summed E-state index contributed by atoms with van der Waals surface area (Å²) in [5, 5.41) is 6.89. The Bertz CT molecular complexity index is 962. The molecular weight excluding hydrogens is 448 g/mol. The number of hydrogen-bond acceptors (Lipinski definition) is 5. The van der Waals surface area contributed by atoms with E-state index in [1.165, 1.54) is 17.7 Å². The van der Waals surface area contributed by atoms with Crippen LogP contribution in [0, 0.1) is 0 Å². The minimum atomic E-state index is -0.250. The molecule has 1 aromatic rings. The molecule has 0 saturated carbocycles. The van der Waals surface area contributed by atoms with Crippen molar-refractivity contribution in [3.8, 4) is 0 Å². The topological polar surface area (TPSA) is 96.4 Å². The van der Waals surface area contributed by atoms with Crippen LogP contribution in [-0.4, -0.2) is 66.5 Å². The van der Waals surface area contributed by atoms with E-state index < -0.39 is 0 Å². The summed E-state index contributed by atoms with van der Waals surface area (Å²) in [6.07, 6.45) is 6.48. The number of carbonyl (C=O) groups is 3. The standard InChI is InChI=1S/C22H26N2O4.C4H10.CH2O2/c1-6-9-27-15(3)16-7-8-18-17(10-16)11-19-21(18)28-13-14(2)24(22(19)26)12-20(25)23(4)5;1-3-4-2;2-1-3/h6-10,14H,3,11-13H2,1-2,4-5H3;3-4H2,1-2H3;1H,(H,2,3)/b9-6-;;. The van der Waals surface area contributed by atoms with Crippen LogP contribution in [0.2, 0.25) is 0 Å². The van der Waals surface area contributed by atoms with Crippen LogP contribution >= 0.6 is 0 Å². The zero-order valence-corrected chi connectivity index (χ0v) is 21.7. The van der Waals surface area contributed by atoms with Gasteiger partial charge in [0.05, 0.1) is 17.9 Å². The summed E-state index contributed by atoms with van der Waals surface area (Å²) in [5.41, 5.74) is 3.37. The van der Waals surface area contributed by atoms with Crippen LogP contribution in [0.1, 0.15) is 57.2 Å². The van der Waals surface area contributed by atoms with Gasteiger partial charge in [-0.05, 0) is 25.5 Å². The number of amides is 2. The first-order valence-electron chi connectivity index (χ1n) is 11.7. The van der Waals surface area contributed by atoms with E-state index in [1.807, 2.05) is 32.0 Å². The van der Waals surface area contributed by atoms with Gasteiger partial charge in [0.2, 0.25) is 5.91 Å². The summed E-state index contributed by atoms with van der Waals surface area (Å²) in [6.45, 7) is 12.2. The maximum atomic E-state index is 13.2. The number of carboxylic acid groups (broad SMARTS) is 1. The SMILES string of the molecule is C=C(O/C=C\C)c1ccc2c(c1)CC1=C2OCC(C)N(CC(=O)N(C)C)C1=O.CCCC.O=CO. The lowest BCUT2D eigenvalue weighted by Gasteiger charge is -2.28. The van der Waals surface area contributed by atoms with E-state index in [0.29, 0.717) is 30.1 Å². The van der Waals surface area contributed by atoms with Crippen molar-refractivity contribution in [1.82, 2.24) is 9.80 Å². The van der Waals surface area contributed by atoms with Gasteiger partial charge in [-0.2, -0.15) is 0 Å². The van der Waals surface area contributed by atoms with Crippen molar-refractivity contribution in [2.45, 2.75) is 53.0 Å². The first-order chi connectivity index (χ1) is 16.7. The fraction of sp³-hybridized carbons (Fsp3) is 0.444. The fourth-order valence-electron chi connectivity index (χ4n) is 3.31. The number of fused-ring (bicyclic) bond motifs is 2. The van der Waals surface area contributed by atoms with Crippen molar-refractivity contribution in [3.63, 3.8) is 0 Å². The van der Waals surface area contributed by atoms with Gasteiger partial charge >= 0.3 is 0 Å². The molecule has 0 aromatic heterocycles. The maximum absolute atomic E-state index is 13.2. The van der Waals surface area contributed by atoms with E-state index in [2.05, 4.69) is 20.4 Å². The predicted molar refractivity (Wildman–Crippen MR) is 137 cm³/mol. The molecule has 2 aliphatic rings. The summed E-state index contributed by atoms with van der Waals surface area (Å²) in [5.74, 6) is 0.914. The zero-order valence-electron chi connectivity index (χ0n) is 21.7. The number of ether oxygens (including phenoxy) is 2.